The Balaban J connectivity index is 1.91. The van der Waals surface area contributed by atoms with Crippen LogP contribution in [-0.2, 0) is 17.6 Å². The van der Waals surface area contributed by atoms with E-state index in [1.165, 1.54) is 37.7 Å². The number of hydrazine groups is 1. The minimum Gasteiger partial charge on any atom is -0.370 e. The van der Waals surface area contributed by atoms with Crippen molar-refractivity contribution in [3.8, 4) is 0 Å². The van der Waals surface area contributed by atoms with Crippen molar-refractivity contribution in [1.29, 1.82) is 0 Å². The van der Waals surface area contributed by atoms with Crippen LogP contribution in [0.5, 0.6) is 0 Å². The number of aryl methyl sites for hydroxylation is 1. The van der Waals surface area contributed by atoms with E-state index in [4.69, 9.17) is 15.6 Å². The van der Waals surface area contributed by atoms with Crippen molar-refractivity contribution in [3.05, 3.63) is 17.1 Å². The number of nitrogen functional groups attached to an aromatic ring is 1. The number of rotatable bonds is 5. The summed E-state index contributed by atoms with van der Waals surface area (Å²) in [6, 6.07) is 0. The van der Waals surface area contributed by atoms with E-state index < -0.39 is 0 Å². The lowest BCUT2D eigenvalue weighted by atomic mass is 9.85. The van der Waals surface area contributed by atoms with Crippen LogP contribution in [0.4, 0.5) is 5.82 Å². The van der Waals surface area contributed by atoms with Crippen LogP contribution in [0.3, 0.4) is 0 Å². The Morgan fingerprint density at radius 1 is 1.19 bits per heavy atom. The van der Waals surface area contributed by atoms with Crippen molar-refractivity contribution in [2.75, 3.05) is 12.0 Å². The first-order chi connectivity index (χ1) is 10.3. The Kier molecular flexibility index (Phi) is 4.70. The van der Waals surface area contributed by atoms with E-state index in [0.29, 0.717) is 12.5 Å². The standard InChI is InChI=1S/C16H26N4O/c1-2-21-14(11-7-4-3-5-8-11)16-18-13-10-6-9-12(13)15(19-16)20-17/h11,14H,2-10,17H2,1H3,(H,18,19,20). The van der Waals surface area contributed by atoms with Gasteiger partial charge in [-0.15, -0.1) is 0 Å². The minimum absolute atomic E-state index is 0.0216. The summed E-state index contributed by atoms with van der Waals surface area (Å²) in [5.41, 5.74) is 5.12. The Bertz CT molecular complexity index is 485. The smallest absolute Gasteiger partial charge is 0.160 e. The van der Waals surface area contributed by atoms with Gasteiger partial charge in [-0.2, -0.15) is 0 Å². The third-order valence-corrected chi connectivity index (χ3v) is 4.77. The predicted molar refractivity (Wildman–Crippen MR) is 82.8 cm³/mol. The first-order valence-corrected chi connectivity index (χ1v) is 8.31. The summed E-state index contributed by atoms with van der Waals surface area (Å²) in [5.74, 6) is 7.84. The molecule has 0 aromatic carbocycles. The fraction of sp³-hybridized carbons (Fsp3) is 0.750. The summed E-state index contributed by atoms with van der Waals surface area (Å²) < 4.78 is 6.03. The van der Waals surface area contributed by atoms with E-state index in [-0.39, 0.29) is 6.10 Å². The van der Waals surface area contributed by atoms with Crippen LogP contribution in [-0.4, -0.2) is 16.6 Å². The Labute approximate surface area is 126 Å². The highest BCUT2D eigenvalue weighted by Crippen LogP contribution is 2.37. The fourth-order valence-corrected chi connectivity index (χ4v) is 3.74. The van der Waals surface area contributed by atoms with Crippen LogP contribution in [0.25, 0.3) is 0 Å². The van der Waals surface area contributed by atoms with Gasteiger partial charge in [-0.25, -0.2) is 15.8 Å². The van der Waals surface area contributed by atoms with Crippen molar-refractivity contribution >= 4 is 5.82 Å². The van der Waals surface area contributed by atoms with Gasteiger partial charge in [0.25, 0.3) is 0 Å². The van der Waals surface area contributed by atoms with Gasteiger partial charge < -0.3 is 10.2 Å². The molecule has 1 aromatic heterocycles. The molecule has 5 nitrogen and oxygen atoms in total. The van der Waals surface area contributed by atoms with E-state index in [2.05, 4.69) is 10.4 Å². The zero-order valence-electron chi connectivity index (χ0n) is 12.9. The van der Waals surface area contributed by atoms with Crippen molar-refractivity contribution in [2.24, 2.45) is 11.8 Å². The second kappa shape index (κ2) is 6.71. The monoisotopic (exact) mass is 290 g/mol. The number of fused-ring (bicyclic) bond motifs is 1. The molecule has 0 radical (unpaired) electrons. The number of hydrogen-bond donors (Lipinski definition) is 2. The molecule has 2 aliphatic carbocycles. The van der Waals surface area contributed by atoms with Crippen LogP contribution in [0.1, 0.15) is 68.6 Å². The van der Waals surface area contributed by atoms with E-state index in [9.17, 15) is 0 Å². The van der Waals surface area contributed by atoms with Crippen LogP contribution < -0.4 is 11.3 Å². The van der Waals surface area contributed by atoms with Gasteiger partial charge in [0.05, 0.1) is 0 Å². The normalized spacial score (nSPS) is 20.3. The summed E-state index contributed by atoms with van der Waals surface area (Å²) in [6.45, 7) is 2.75. The van der Waals surface area contributed by atoms with Gasteiger partial charge in [0.15, 0.2) is 5.82 Å². The van der Waals surface area contributed by atoms with Gasteiger partial charge in [0, 0.05) is 17.9 Å². The number of aromatic nitrogens is 2. The quantitative estimate of drug-likeness (QED) is 0.644. The van der Waals surface area contributed by atoms with E-state index in [1.807, 2.05) is 6.92 Å². The van der Waals surface area contributed by atoms with Gasteiger partial charge >= 0.3 is 0 Å². The van der Waals surface area contributed by atoms with Gasteiger partial charge in [-0.1, -0.05) is 19.3 Å². The van der Waals surface area contributed by atoms with E-state index in [1.54, 1.807) is 0 Å². The van der Waals surface area contributed by atoms with Gasteiger partial charge in [0.1, 0.15) is 11.9 Å². The number of hydrogen-bond acceptors (Lipinski definition) is 5. The van der Waals surface area contributed by atoms with E-state index >= 15 is 0 Å². The molecule has 1 unspecified atom stereocenters. The first kappa shape index (κ1) is 14.7. The molecule has 3 rings (SSSR count). The lowest BCUT2D eigenvalue weighted by Crippen LogP contribution is -2.23. The first-order valence-electron chi connectivity index (χ1n) is 8.31. The average molecular weight is 290 g/mol. The lowest BCUT2D eigenvalue weighted by Gasteiger charge is -2.29. The maximum Gasteiger partial charge on any atom is 0.160 e. The van der Waals surface area contributed by atoms with Gasteiger partial charge in [-0.3, -0.25) is 0 Å². The maximum atomic E-state index is 6.03. The Hall–Kier alpha value is -1.20. The van der Waals surface area contributed by atoms with Crippen molar-refractivity contribution in [3.63, 3.8) is 0 Å². The molecule has 1 aromatic rings. The molecule has 0 spiro atoms. The van der Waals surface area contributed by atoms with Crippen LogP contribution >= 0.6 is 0 Å². The highest BCUT2D eigenvalue weighted by Gasteiger charge is 2.30. The zero-order valence-corrected chi connectivity index (χ0v) is 12.9. The highest BCUT2D eigenvalue weighted by atomic mass is 16.5. The topological polar surface area (TPSA) is 73.1 Å². The molecular formula is C16H26N4O. The lowest BCUT2D eigenvalue weighted by molar-refractivity contribution is -0.000222. The summed E-state index contributed by atoms with van der Waals surface area (Å²) in [7, 11) is 0. The summed E-state index contributed by atoms with van der Waals surface area (Å²) in [5, 5.41) is 0. The Morgan fingerprint density at radius 2 is 2.00 bits per heavy atom. The number of nitrogens with zero attached hydrogens (tertiary/aromatic N) is 2. The molecule has 2 aliphatic rings. The van der Waals surface area contributed by atoms with Crippen LogP contribution in [0.15, 0.2) is 0 Å². The molecule has 116 valence electrons. The molecule has 0 aliphatic heterocycles. The molecule has 1 heterocycles. The predicted octanol–water partition coefficient (Wildman–Crippen LogP) is 2.91. The maximum absolute atomic E-state index is 6.03. The zero-order chi connectivity index (χ0) is 14.7. The number of anilines is 1. The number of nitrogens with one attached hydrogen (secondary N) is 1. The summed E-state index contributed by atoms with van der Waals surface area (Å²) in [4.78, 5) is 9.51. The van der Waals surface area contributed by atoms with Crippen molar-refractivity contribution in [2.45, 2.75) is 64.4 Å². The van der Waals surface area contributed by atoms with Crippen molar-refractivity contribution in [1.82, 2.24) is 9.97 Å². The highest BCUT2D eigenvalue weighted by molar-refractivity contribution is 5.48. The summed E-state index contributed by atoms with van der Waals surface area (Å²) >= 11 is 0. The fourth-order valence-electron chi connectivity index (χ4n) is 3.74. The number of ether oxygens (including phenoxy) is 1. The van der Waals surface area contributed by atoms with E-state index in [0.717, 1.165) is 36.6 Å². The van der Waals surface area contributed by atoms with Crippen molar-refractivity contribution < 1.29 is 4.74 Å². The van der Waals surface area contributed by atoms with Gasteiger partial charge in [-0.05, 0) is 44.9 Å². The molecule has 1 atom stereocenters. The Morgan fingerprint density at radius 3 is 2.71 bits per heavy atom. The van der Waals surface area contributed by atoms with Gasteiger partial charge in [0.2, 0.25) is 0 Å². The summed E-state index contributed by atoms with van der Waals surface area (Å²) in [6.07, 6.45) is 9.59. The van der Waals surface area contributed by atoms with Crippen LogP contribution in [0, 0.1) is 5.92 Å². The largest absolute Gasteiger partial charge is 0.370 e. The SMILES string of the molecule is CCOC(c1nc2c(c(NN)n1)CCC2)C1CCCCC1. The molecule has 1 saturated carbocycles. The molecule has 0 amide bonds. The molecule has 3 N–H and O–H groups in total. The molecule has 21 heavy (non-hydrogen) atoms. The average Bonchev–Trinajstić information content (AvgIpc) is 3.01. The molecule has 0 saturated heterocycles. The second-order valence-corrected chi connectivity index (χ2v) is 6.13. The molecular weight excluding hydrogens is 264 g/mol. The molecule has 5 heteroatoms. The minimum atomic E-state index is 0.0216. The number of nitrogens with two attached hydrogens (primary N) is 1. The third kappa shape index (κ3) is 3.04. The molecule has 0 bridgehead atoms. The molecule has 1 fully saturated rings. The second-order valence-electron chi connectivity index (χ2n) is 6.13. The van der Waals surface area contributed by atoms with Crippen LogP contribution in [0.2, 0.25) is 0 Å². The third-order valence-electron chi connectivity index (χ3n) is 4.77.